The summed E-state index contributed by atoms with van der Waals surface area (Å²) < 4.78 is 24.1. The van der Waals surface area contributed by atoms with Crippen LogP contribution in [0, 0.1) is 6.92 Å². The first-order valence-electron chi connectivity index (χ1n) is 9.03. The molecule has 2 aromatic rings. The van der Waals surface area contributed by atoms with Gasteiger partial charge in [-0.2, -0.15) is 0 Å². The number of pyridine rings is 1. The molecule has 1 N–H and O–H groups in total. The third-order valence-corrected chi connectivity index (χ3v) is 7.10. The van der Waals surface area contributed by atoms with Crippen molar-refractivity contribution in [3.8, 4) is 0 Å². The Balaban J connectivity index is 1.78. The first kappa shape index (κ1) is 17.4. The highest BCUT2D eigenvalue weighted by Gasteiger charge is 2.44. The van der Waals surface area contributed by atoms with E-state index < -0.39 is 9.84 Å². The lowest BCUT2D eigenvalue weighted by molar-refractivity contribution is 0.0623. The summed E-state index contributed by atoms with van der Waals surface area (Å²) in [6.07, 6.45) is 0.883. The third-order valence-electron chi connectivity index (χ3n) is 5.38. The Morgan fingerprint density at radius 3 is 2.88 bits per heavy atom. The molecule has 0 spiro atoms. The van der Waals surface area contributed by atoms with Crippen molar-refractivity contribution < 1.29 is 13.2 Å². The van der Waals surface area contributed by atoms with Crippen LogP contribution < -0.4 is 5.32 Å². The van der Waals surface area contributed by atoms with E-state index in [9.17, 15) is 13.2 Å². The largest absolute Gasteiger partial charge is 0.332 e. The van der Waals surface area contributed by atoms with E-state index in [2.05, 4.69) is 17.2 Å². The number of carbonyl (C=O) groups excluding carboxylic acids is 1. The predicted molar refractivity (Wildman–Crippen MR) is 101 cm³/mol. The summed E-state index contributed by atoms with van der Waals surface area (Å²) in [4.78, 5) is 19.7. The van der Waals surface area contributed by atoms with Crippen LogP contribution >= 0.6 is 0 Å². The molecule has 6 nitrogen and oxygen atoms in total. The van der Waals surface area contributed by atoms with Gasteiger partial charge in [0.15, 0.2) is 9.84 Å². The number of hydrogen-bond acceptors (Lipinski definition) is 5. The standard InChI is InChI=1S/C19H23N3O3S/c1-3-13-4-5-16-14(9-13)15(8-12(2)21-16)19(23)22-7-6-20-17-10-26(24,25)11-18(17)22/h4-5,8-9,17-18,20H,3,6-7,10-11H2,1-2H3/t17-,18+/m0/s1. The molecule has 4 rings (SSSR count). The number of piperazine rings is 1. The van der Waals surface area contributed by atoms with Crippen LogP contribution in [0.1, 0.15) is 28.5 Å². The molecule has 0 aliphatic carbocycles. The number of carbonyl (C=O) groups is 1. The minimum Gasteiger partial charge on any atom is -0.332 e. The van der Waals surface area contributed by atoms with Crippen molar-refractivity contribution in [1.82, 2.24) is 15.2 Å². The minimum atomic E-state index is -3.11. The van der Waals surface area contributed by atoms with Crippen LogP contribution in [0.15, 0.2) is 24.3 Å². The highest BCUT2D eigenvalue weighted by molar-refractivity contribution is 7.91. The van der Waals surface area contributed by atoms with Gasteiger partial charge in [0.2, 0.25) is 0 Å². The lowest BCUT2D eigenvalue weighted by Gasteiger charge is -2.37. The van der Waals surface area contributed by atoms with E-state index in [1.165, 1.54) is 0 Å². The van der Waals surface area contributed by atoms with Crippen molar-refractivity contribution >= 4 is 26.6 Å². The van der Waals surface area contributed by atoms with Crippen LogP contribution in [0.4, 0.5) is 0 Å². The smallest absolute Gasteiger partial charge is 0.254 e. The molecule has 2 aliphatic rings. The molecule has 0 unspecified atom stereocenters. The van der Waals surface area contributed by atoms with E-state index in [1.54, 1.807) is 4.90 Å². The molecular formula is C19H23N3O3S. The molecule has 3 heterocycles. The fraction of sp³-hybridized carbons (Fsp3) is 0.474. The van der Waals surface area contributed by atoms with Gasteiger partial charge in [0.05, 0.1) is 28.6 Å². The number of hydrogen-bond donors (Lipinski definition) is 1. The van der Waals surface area contributed by atoms with Gasteiger partial charge in [0.1, 0.15) is 0 Å². The van der Waals surface area contributed by atoms with Gasteiger partial charge in [-0.05, 0) is 37.1 Å². The van der Waals surface area contributed by atoms with E-state index in [-0.39, 0.29) is 29.5 Å². The van der Waals surface area contributed by atoms with Crippen molar-refractivity contribution in [1.29, 1.82) is 0 Å². The molecule has 2 atom stereocenters. The highest BCUT2D eigenvalue weighted by Crippen LogP contribution is 2.27. The van der Waals surface area contributed by atoms with Gasteiger partial charge < -0.3 is 10.2 Å². The predicted octanol–water partition coefficient (Wildman–Crippen LogP) is 1.32. The Morgan fingerprint density at radius 2 is 2.12 bits per heavy atom. The maximum absolute atomic E-state index is 13.4. The topological polar surface area (TPSA) is 79.4 Å². The highest BCUT2D eigenvalue weighted by atomic mass is 32.2. The number of fused-ring (bicyclic) bond motifs is 2. The zero-order chi connectivity index (χ0) is 18.5. The average Bonchev–Trinajstić information content (AvgIpc) is 2.93. The van der Waals surface area contributed by atoms with Crippen LogP contribution in [-0.2, 0) is 16.3 Å². The second kappa shape index (κ2) is 6.32. The van der Waals surface area contributed by atoms with Gasteiger partial charge >= 0.3 is 0 Å². The van der Waals surface area contributed by atoms with Crippen LogP contribution in [0.3, 0.4) is 0 Å². The lowest BCUT2D eigenvalue weighted by Crippen LogP contribution is -2.59. The van der Waals surface area contributed by atoms with E-state index in [1.807, 2.05) is 31.2 Å². The number of benzene rings is 1. The molecule has 0 bridgehead atoms. The second-order valence-corrected chi connectivity index (χ2v) is 9.37. The quantitative estimate of drug-likeness (QED) is 0.859. The molecule has 26 heavy (non-hydrogen) atoms. The molecule has 1 amide bonds. The second-order valence-electron chi connectivity index (χ2n) is 7.22. The first-order valence-corrected chi connectivity index (χ1v) is 10.8. The van der Waals surface area contributed by atoms with Crippen LogP contribution in [0.5, 0.6) is 0 Å². The zero-order valence-electron chi connectivity index (χ0n) is 15.0. The summed E-state index contributed by atoms with van der Waals surface area (Å²) in [6, 6.07) is 7.38. The fourth-order valence-electron chi connectivity index (χ4n) is 4.08. The van der Waals surface area contributed by atoms with Gasteiger partial charge in [-0.1, -0.05) is 13.0 Å². The molecule has 7 heteroatoms. The monoisotopic (exact) mass is 373 g/mol. The number of nitrogens with zero attached hydrogens (tertiary/aromatic N) is 2. The molecule has 2 saturated heterocycles. The third kappa shape index (κ3) is 2.99. The van der Waals surface area contributed by atoms with Crippen molar-refractivity contribution in [3.63, 3.8) is 0 Å². The Bertz CT molecular complexity index is 987. The summed E-state index contributed by atoms with van der Waals surface area (Å²) in [5.74, 6) is 0.0539. The van der Waals surface area contributed by atoms with E-state index >= 15 is 0 Å². The first-order chi connectivity index (χ1) is 12.4. The van der Waals surface area contributed by atoms with Crippen molar-refractivity contribution in [2.24, 2.45) is 0 Å². The molecule has 0 saturated carbocycles. The summed E-state index contributed by atoms with van der Waals surface area (Å²) in [6.45, 7) is 5.09. The van der Waals surface area contributed by atoms with Crippen molar-refractivity contribution in [2.75, 3.05) is 24.6 Å². The maximum Gasteiger partial charge on any atom is 0.254 e. The molecule has 2 fully saturated rings. The number of aryl methyl sites for hydroxylation is 2. The summed E-state index contributed by atoms with van der Waals surface area (Å²) in [5, 5.41) is 4.10. The fourth-order valence-corrected chi connectivity index (χ4v) is 6.03. The number of rotatable bonds is 2. The Morgan fingerprint density at radius 1 is 1.31 bits per heavy atom. The summed E-state index contributed by atoms with van der Waals surface area (Å²) in [5.41, 5.74) is 3.36. The number of amides is 1. The Hall–Kier alpha value is -1.99. The van der Waals surface area contributed by atoms with Gasteiger partial charge in [-0.15, -0.1) is 0 Å². The normalized spacial score (nSPS) is 24.6. The zero-order valence-corrected chi connectivity index (χ0v) is 15.8. The van der Waals surface area contributed by atoms with Crippen LogP contribution in [-0.4, -0.2) is 60.9 Å². The SMILES string of the molecule is CCc1ccc2nc(C)cc(C(=O)N3CCN[C@H]4CS(=O)(=O)C[C@H]43)c2c1. The minimum absolute atomic E-state index is 0.0403. The van der Waals surface area contributed by atoms with Crippen LogP contribution in [0.25, 0.3) is 10.9 Å². The van der Waals surface area contributed by atoms with Crippen molar-refractivity contribution in [3.05, 3.63) is 41.1 Å². The van der Waals surface area contributed by atoms with Gasteiger partial charge in [0, 0.05) is 30.2 Å². The molecule has 1 aromatic heterocycles. The number of sulfone groups is 1. The number of aromatic nitrogens is 1. The molecular weight excluding hydrogens is 350 g/mol. The average molecular weight is 373 g/mol. The van der Waals surface area contributed by atoms with Crippen molar-refractivity contribution in [2.45, 2.75) is 32.4 Å². The Labute approximate surface area is 153 Å². The van der Waals surface area contributed by atoms with E-state index in [0.29, 0.717) is 18.7 Å². The molecule has 1 aromatic carbocycles. The lowest BCUT2D eigenvalue weighted by atomic mass is 10.0. The van der Waals surface area contributed by atoms with Gasteiger partial charge in [-0.25, -0.2) is 8.42 Å². The van der Waals surface area contributed by atoms with Crippen LogP contribution in [0.2, 0.25) is 0 Å². The Kier molecular flexibility index (Phi) is 4.23. The number of nitrogens with one attached hydrogen (secondary N) is 1. The molecule has 138 valence electrons. The maximum atomic E-state index is 13.4. The summed E-state index contributed by atoms with van der Waals surface area (Å²) >= 11 is 0. The van der Waals surface area contributed by atoms with E-state index in [4.69, 9.17) is 0 Å². The van der Waals surface area contributed by atoms with Gasteiger partial charge in [-0.3, -0.25) is 9.78 Å². The molecule has 0 radical (unpaired) electrons. The van der Waals surface area contributed by atoms with Gasteiger partial charge in [0.25, 0.3) is 5.91 Å². The molecule has 2 aliphatic heterocycles. The van der Waals surface area contributed by atoms with E-state index in [0.717, 1.165) is 28.6 Å². The summed E-state index contributed by atoms with van der Waals surface area (Å²) in [7, 11) is -3.11.